The van der Waals surface area contributed by atoms with Crippen molar-refractivity contribution in [2.24, 2.45) is 0 Å². The average molecular weight is 497 g/mol. The fourth-order valence-electron chi connectivity index (χ4n) is 3.31. The van der Waals surface area contributed by atoms with Crippen molar-refractivity contribution in [1.29, 1.82) is 0 Å². The van der Waals surface area contributed by atoms with Gasteiger partial charge in [-0.25, -0.2) is 0 Å². The van der Waals surface area contributed by atoms with Crippen molar-refractivity contribution >= 4 is 33.4 Å². The van der Waals surface area contributed by atoms with Crippen molar-refractivity contribution in [3.8, 4) is 11.5 Å². The zero-order valence-electron chi connectivity index (χ0n) is 18.2. The Morgan fingerprint density at radius 2 is 1.56 bits per heavy atom. The molecule has 7 heteroatoms. The molecule has 0 bridgehead atoms. The molecule has 0 saturated heterocycles. The van der Waals surface area contributed by atoms with Crippen LogP contribution in [0.1, 0.15) is 33.2 Å². The summed E-state index contributed by atoms with van der Waals surface area (Å²) in [5.41, 5.74) is 2.29. The van der Waals surface area contributed by atoms with Crippen LogP contribution in [0.2, 0.25) is 0 Å². The van der Waals surface area contributed by atoms with E-state index in [1.165, 1.54) is 0 Å². The minimum atomic E-state index is -0.291. The molecule has 3 aromatic carbocycles. The van der Waals surface area contributed by atoms with Crippen molar-refractivity contribution < 1.29 is 19.1 Å². The Labute approximate surface area is 196 Å². The maximum absolute atomic E-state index is 13.4. The Morgan fingerprint density at radius 3 is 2.22 bits per heavy atom. The second kappa shape index (κ2) is 10.8. The van der Waals surface area contributed by atoms with Crippen LogP contribution in [0.15, 0.2) is 71.2 Å². The normalized spacial score (nSPS) is 10.4. The van der Waals surface area contributed by atoms with Gasteiger partial charge >= 0.3 is 0 Å². The molecule has 2 amide bonds. The molecular formula is C25H25BrN2O4. The van der Waals surface area contributed by atoms with Gasteiger partial charge in [0.1, 0.15) is 0 Å². The number of halogens is 1. The van der Waals surface area contributed by atoms with E-state index in [1.807, 2.05) is 31.2 Å². The van der Waals surface area contributed by atoms with Gasteiger partial charge in [-0.05, 0) is 64.8 Å². The third-order valence-electron chi connectivity index (χ3n) is 5.01. The maximum Gasteiger partial charge on any atom is 0.256 e. The molecule has 0 fully saturated rings. The summed E-state index contributed by atoms with van der Waals surface area (Å²) >= 11 is 3.40. The Morgan fingerprint density at radius 1 is 0.906 bits per heavy atom. The van der Waals surface area contributed by atoms with Crippen molar-refractivity contribution in [2.75, 3.05) is 26.1 Å². The molecule has 3 rings (SSSR count). The van der Waals surface area contributed by atoms with Gasteiger partial charge in [-0.3, -0.25) is 9.59 Å². The van der Waals surface area contributed by atoms with Crippen LogP contribution in [0.4, 0.5) is 5.69 Å². The number of para-hydroxylation sites is 1. The highest BCUT2D eigenvalue weighted by Crippen LogP contribution is 2.28. The van der Waals surface area contributed by atoms with E-state index in [4.69, 9.17) is 9.47 Å². The van der Waals surface area contributed by atoms with E-state index in [-0.39, 0.29) is 11.8 Å². The molecule has 0 spiro atoms. The summed E-state index contributed by atoms with van der Waals surface area (Å²) in [6, 6.07) is 19.7. The predicted molar refractivity (Wildman–Crippen MR) is 128 cm³/mol. The Bertz CT molecular complexity index is 1120. The van der Waals surface area contributed by atoms with Gasteiger partial charge in [0, 0.05) is 17.6 Å². The van der Waals surface area contributed by atoms with E-state index in [2.05, 4.69) is 21.2 Å². The standard InChI is InChI=1S/C25H25BrN2O4/c1-4-28(16-17-13-14-22(31-2)23(15-17)32-3)25(30)19-10-6-8-12-21(19)27-24(29)18-9-5-7-11-20(18)26/h5-15H,4,16H2,1-3H3,(H,27,29). The smallest absolute Gasteiger partial charge is 0.256 e. The number of anilines is 1. The molecule has 3 aromatic rings. The van der Waals surface area contributed by atoms with Gasteiger partial charge in [0.05, 0.1) is 31.0 Å². The summed E-state index contributed by atoms with van der Waals surface area (Å²) in [6.07, 6.45) is 0. The van der Waals surface area contributed by atoms with E-state index in [0.717, 1.165) is 5.56 Å². The average Bonchev–Trinajstić information content (AvgIpc) is 2.82. The number of carbonyl (C=O) groups excluding carboxylic acids is 2. The first kappa shape index (κ1) is 23.3. The second-order valence-electron chi connectivity index (χ2n) is 6.99. The molecule has 1 N–H and O–H groups in total. The molecule has 0 radical (unpaired) electrons. The molecule has 6 nitrogen and oxygen atoms in total. The number of nitrogens with one attached hydrogen (secondary N) is 1. The third kappa shape index (κ3) is 5.29. The topological polar surface area (TPSA) is 67.9 Å². The van der Waals surface area contributed by atoms with E-state index >= 15 is 0 Å². The fourth-order valence-corrected chi connectivity index (χ4v) is 3.78. The van der Waals surface area contributed by atoms with Crippen molar-refractivity contribution in [3.05, 3.63) is 87.9 Å². The van der Waals surface area contributed by atoms with E-state index < -0.39 is 0 Å². The largest absolute Gasteiger partial charge is 0.493 e. The number of ether oxygens (including phenoxy) is 2. The van der Waals surface area contributed by atoms with Gasteiger partial charge in [-0.15, -0.1) is 0 Å². The maximum atomic E-state index is 13.4. The van der Waals surface area contributed by atoms with Gasteiger partial charge in [0.25, 0.3) is 11.8 Å². The molecule has 32 heavy (non-hydrogen) atoms. The SMILES string of the molecule is CCN(Cc1ccc(OC)c(OC)c1)C(=O)c1ccccc1NC(=O)c1ccccc1Br. The number of rotatable bonds is 8. The van der Waals surface area contributed by atoms with Gasteiger partial charge in [-0.2, -0.15) is 0 Å². The minimum absolute atomic E-state index is 0.176. The van der Waals surface area contributed by atoms with Crippen LogP contribution in [0.5, 0.6) is 11.5 Å². The number of carbonyl (C=O) groups is 2. The Balaban J connectivity index is 1.83. The number of methoxy groups -OCH3 is 2. The molecule has 0 unspecified atom stereocenters. The van der Waals surface area contributed by atoms with Crippen LogP contribution in [-0.4, -0.2) is 37.5 Å². The zero-order valence-corrected chi connectivity index (χ0v) is 19.8. The Kier molecular flexibility index (Phi) is 7.89. The first-order valence-corrected chi connectivity index (χ1v) is 10.9. The van der Waals surface area contributed by atoms with E-state index in [1.54, 1.807) is 61.6 Å². The van der Waals surface area contributed by atoms with Crippen LogP contribution in [0.3, 0.4) is 0 Å². The molecular weight excluding hydrogens is 472 g/mol. The molecule has 0 aromatic heterocycles. The predicted octanol–water partition coefficient (Wildman–Crippen LogP) is 5.38. The van der Waals surface area contributed by atoms with Crippen LogP contribution in [0.25, 0.3) is 0 Å². The Hall–Kier alpha value is -3.32. The van der Waals surface area contributed by atoms with Crippen molar-refractivity contribution in [3.63, 3.8) is 0 Å². The quantitative estimate of drug-likeness (QED) is 0.454. The molecule has 166 valence electrons. The number of hydrogen-bond acceptors (Lipinski definition) is 4. The summed E-state index contributed by atoms with van der Waals surface area (Å²) < 4.78 is 11.3. The molecule has 0 heterocycles. The van der Waals surface area contributed by atoms with E-state index in [9.17, 15) is 9.59 Å². The first-order chi connectivity index (χ1) is 15.5. The van der Waals surface area contributed by atoms with Crippen molar-refractivity contribution in [1.82, 2.24) is 4.90 Å². The third-order valence-corrected chi connectivity index (χ3v) is 5.71. The number of amides is 2. The summed E-state index contributed by atoms with van der Waals surface area (Å²) in [7, 11) is 3.16. The van der Waals surface area contributed by atoms with Crippen LogP contribution in [-0.2, 0) is 6.54 Å². The molecule has 0 atom stereocenters. The lowest BCUT2D eigenvalue weighted by atomic mass is 10.1. The lowest BCUT2D eigenvalue weighted by Crippen LogP contribution is -2.31. The molecule has 0 aliphatic carbocycles. The van der Waals surface area contributed by atoms with Gasteiger partial charge in [-0.1, -0.05) is 30.3 Å². The molecule has 0 saturated carbocycles. The van der Waals surface area contributed by atoms with Crippen LogP contribution in [0, 0.1) is 0 Å². The highest BCUT2D eigenvalue weighted by molar-refractivity contribution is 9.10. The summed E-state index contributed by atoms with van der Waals surface area (Å²) in [4.78, 5) is 27.9. The highest BCUT2D eigenvalue weighted by atomic mass is 79.9. The summed E-state index contributed by atoms with van der Waals surface area (Å²) in [6.45, 7) is 2.81. The molecule has 0 aliphatic rings. The second-order valence-corrected chi connectivity index (χ2v) is 7.84. The van der Waals surface area contributed by atoms with Gasteiger partial charge in [0.15, 0.2) is 11.5 Å². The minimum Gasteiger partial charge on any atom is -0.493 e. The van der Waals surface area contributed by atoms with Crippen LogP contribution >= 0.6 is 15.9 Å². The van der Waals surface area contributed by atoms with E-state index in [0.29, 0.717) is 45.9 Å². The first-order valence-electron chi connectivity index (χ1n) is 10.1. The zero-order chi connectivity index (χ0) is 23.1. The number of nitrogens with zero attached hydrogens (tertiary/aromatic N) is 1. The lowest BCUT2D eigenvalue weighted by Gasteiger charge is -2.23. The van der Waals surface area contributed by atoms with Gasteiger partial charge in [0.2, 0.25) is 0 Å². The highest BCUT2D eigenvalue weighted by Gasteiger charge is 2.20. The van der Waals surface area contributed by atoms with Crippen LogP contribution < -0.4 is 14.8 Å². The lowest BCUT2D eigenvalue weighted by molar-refractivity contribution is 0.0753. The summed E-state index contributed by atoms with van der Waals surface area (Å²) in [5, 5.41) is 2.87. The molecule has 0 aliphatic heterocycles. The monoisotopic (exact) mass is 496 g/mol. The number of hydrogen-bond donors (Lipinski definition) is 1. The van der Waals surface area contributed by atoms with Gasteiger partial charge < -0.3 is 19.7 Å². The van der Waals surface area contributed by atoms with Crippen molar-refractivity contribution in [2.45, 2.75) is 13.5 Å². The number of benzene rings is 3. The summed E-state index contributed by atoms with van der Waals surface area (Å²) in [5.74, 6) is 0.770. The fraction of sp³-hybridized carbons (Fsp3) is 0.200.